The van der Waals surface area contributed by atoms with E-state index in [0.29, 0.717) is 0 Å². The molecule has 1 aromatic heterocycles. The van der Waals surface area contributed by atoms with Crippen LogP contribution in [0.15, 0.2) is 11.5 Å². The van der Waals surface area contributed by atoms with Crippen LogP contribution in [0.2, 0.25) is 0 Å². The molecule has 0 atom stereocenters. The molecule has 1 aromatic rings. The lowest BCUT2D eigenvalue weighted by atomic mass is 10.2. The van der Waals surface area contributed by atoms with E-state index in [2.05, 4.69) is 28.6 Å². The molecule has 0 radical (unpaired) electrons. The van der Waals surface area contributed by atoms with Gasteiger partial charge in [0, 0.05) is 26.0 Å². The fourth-order valence-electron chi connectivity index (χ4n) is 1.27. The first-order valence-corrected chi connectivity index (χ1v) is 6.72. The minimum Gasteiger partial charge on any atom is -0.385 e. The molecule has 1 heterocycles. The summed E-state index contributed by atoms with van der Waals surface area (Å²) in [5, 5.41) is 9.10. The molecule has 0 saturated heterocycles. The van der Waals surface area contributed by atoms with Crippen LogP contribution < -0.4 is 0 Å². The highest BCUT2D eigenvalue weighted by atomic mass is 32.2. The highest BCUT2D eigenvalue weighted by Gasteiger charge is 2.05. The van der Waals surface area contributed by atoms with Crippen molar-refractivity contribution in [2.24, 2.45) is 5.92 Å². The fourth-order valence-corrected chi connectivity index (χ4v) is 2.46. The van der Waals surface area contributed by atoms with Gasteiger partial charge in [0.15, 0.2) is 5.16 Å². The first-order valence-electron chi connectivity index (χ1n) is 5.73. The molecule has 0 spiro atoms. The average Bonchev–Trinajstić information content (AvgIpc) is 2.66. The number of thioether (sulfide) groups is 1. The van der Waals surface area contributed by atoms with Crippen molar-refractivity contribution in [3.63, 3.8) is 0 Å². The van der Waals surface area contributed by atoms with Gasteiger partial charge in [0.1, 0.15) is 6.33 Å². The van der Waals surface area contributed by atoms with Crippen molar-refractivity contribution < 1.29 is 4.74 Å². The Balaban J connectivity index is 2.32. The van der Waals surface area contributed by atoms with Gasteiger partial charge in [0.05, 0.1) is 0 Å². The van der Waals surface area contributed by atoms with Gasteiger partial charge in [-0.1, -0.05) is 25.6 Å². The van der Waals surface area contributed by atoms with E-state index in [1.807, 2.05) is 0 Å². The van der Waals surface area contributed by atoms with E-state index in [1.54, 1.807) is 25.2 Å². The van der Waals surface area contributed by atoms with Crippen LogP contribution >= 0.6 is 11.8 Å². The number of methoxy groups -OCH3 is 1. The smallest absolute Gasteiger partial charge is 0.190 e. The third-order valence-electron chi connectivity index (χ3n) is 2.25. The molecule has 1 rings (SSSR count). The van der Waals surface area contributed by atoms with Crippen molar-refractivity contribution >= 4 is 11.8 Å². The molecule has 16 heavy (non-hydrogen) atoms. The normalized spacial score (nSPS) is 11.2. The topological polar surface area (TPSA) is 39.9 Å². The summed E-state index contributed by atoms with van der Waals surface area (Å²) in [7, 11) is 1.73. The Bertz CT molecular complexity index is 289. The number of hydrogen-bond donors (Lipinski definition) is 0. The van der Waals surface area contributed by atoms with Crippen LogP contribution in [0.3, 0.4) is 0 Å². The van der Waals surface area contributed by atoms with Crippen molar-refractivity contribution in [3.8, 4) is 0 Å². The molecule has 0 aliphatic rings. The first kappa shape index (κ1) is 13.5. The van der Waals surface area contributed by atoms with E-state index in [9.17, 15) is 0 Å². The standard InChI is InChI=1S/C11H21N3OS/c1-10(2)5-8-16-11-13-12-9-14(11)6-4-7-15-3/h9-10H,4-8H2,1-3H3. The van der Waals surface area contributed by atoms with Gasteiger partial charge in [0.2, 0.25) is 0 Å². The second-order valence-corrected chi connectivity index (χ2v) is 5.25. The summed E-state index contributed by atoms with van der Waals surface area (Å²) in [6.45, 7) is 6.20. The molecule has 0 aromatic carbocycles. The summed E-state index contributed by atoms with van der Waals surface area (Å²) in [4.78, 5) is 0. The van der Waals surface area contributed by atoms with Gasteiger partial charge >= 0.3 is 0 Å². The number of ether oxygens (including phenoxy) is 1. The summed E-state index contributed by atoms with van der Waals surface area (Å²) < 4.78 is 7.13. The summed E-state index contributed by atoms with van der Waals surface area (Å²) in [6.07, 6.45) is 4.02. The summed E-state index contributed by atoms with van der Waals surface area (Å²) in [5.41, 5.74) is 0. The quantitative estimate of drug-likeness (QED) is 0.519. The van der Waals surface area contributed by atoms with Gasteiger partial charge in [-0.05, 0) is 18.8 Å². The summed E-state index contributed by atoms with van der Waals surface area (Å²) >= 11 is 1.79. The zero-order valence-corrected chi connectivity index (χ0v) is 11.2. The van der Waals surface area contributed by atoms with Crippen molar-refractivity contribution in [1.82, 2.24) is 14.8 Å². The molecule has 0 aliphatic heterocycles. The summed E-state index contributed by atoms with van der Waals surface area (Å²) in [5.74, 6) is 1.86. The largest absolute Gasteiger partial charge is 0.385 e. The first-order chi connectivity index (χ1) is 7.74. The zero-order valence-electron chi connectivity index (χ0n) is 10.3. The van der Waals surface area contributed by atoms with E-state index in [-0.39, 0.29) is 0 Å². The zero-order chi connectivity index (χ0) is 11.8. The van der Waals surface area contributed by atoms with Crippen LogP contribution in [-0.2, 0) is 11.3 Å². The molecule has 0 bridgehead atoms. The lowest BCUT2D eigenvalue weighted by molar-refractivity contribution is 0.189. The maximum Gasteiger partial charge on any atom is 0.190 e. The monoisotopic (exact) mass is 243 g/mol. The maximum atomic E-state index is 5.03. The lowest BCUT2D eigenvalue weighted by Crippen LogP contribution is -2.02. The van der Waals surface area contributed by atoms with E-state index < -0.39 is 0 Å². The van der Waals surface area contributed by atoms with Crippen molar-refractivity contribution in [2.45, 2.75) is 38.4 Å². The van der Waals surface area contributed by atoms with Crippen LogP contribution in [0, 0.1) is 5.92 Å². The van der Waals surface area contributed by atoms with Crippen LogP contribution in [0.1, 0.15) is 26.7 Å². The van der Waals surface area contributed by atoms with Crippen molar-refractivity contribution in [2.75, 3.05) is 19.5 Å². The Hall–Kier alpha value is -0.550. The molecule has 4 nitrogen and oxygen atoms in total. The molecule has 0 saturated carbocycles. The third kappa shape index (κ3) is 4.99. The average molecular weight is 243 g/mol. The molecular weight excluding hydrogens is 222 g/mol. The molecule has 92 valence electrons. The minimum absolute atomic E-state index is 0.748. The van der Waals surface area contributed by atoms with E-state index in [0.717, 1.165) is 36.4 Å². The lowest BCUT2D eigenvalue weighted by Gasteiger charge is -2.06. The number of aryl methyl sites for hydroxylation is 1. The number of aromatic nitrogens is 3. The van der Waals surface area contributed by atoms with Gasteiger partial charge < -0.3 is 9.30 Å². The predicted octanol–water partition coefficient (Wildman–Crippen LogP) is 2.45. The molecule has 0 fully saturated rings. The second kappa shape index (κ2) is 7.68. The van der Waals surface area contributed by atoms with Crippen LogP contribution in [0.5, 0.6) is 0 Å². The van der Waals surface area contributed by atoms with Crippen molar-refractivity contribution in [3.05, 3.63) is 6.33 Å². The third-order valence-corrected chi connectivity index (χ3v) is 3.27. The minimum atomic E-state index is 0.748. The van der Waals surface area contributed by atoms with Crippen LogP contribution in [-0.4, -0.2) is 34.2 Å². The molecule has 0 amide bonds. The fraction of sp³-hybridized carbons (Fsp3) is 0.818. The van der Waals surface area contributed by atoms with Crippen LogP contribution in [0.4, 0.5) is 0 Å². The van der Waals surface area contributed by atoms with Gasteiger partial charge in [-0.15, -0.1) is 10.2 Å². The van der Waals surface area contributed by atoms with E-state index >= 15 is 0 Å². The van der Waals surface area contributed by atoms with Crippen LogP contribution in [0.25, 0.3) is 0 Å². The Morgan fingerprint density at radius 1 is 1.50 bits per heavy atom. The van der Waals surface area contributed by atoms with Gasteiger partial charge in [-0.2, -0.15) is 0 Å². The number of rotatable bonds is 8. The Labute approximate surface area is 102 Å². The number of hydrogen-bond acceptors (Lipinski definition) is 4. The molecule has 0 unspecified atom stereocenters. The second-order valence-electron chi connectivity index (χ2n) is 4.18. The SMILES string of the molecule is COCCCn1cnnc1SCCC(C)C. The Morgan fingerprint density at radius 2 is 2.31 bits per heavy atom. The van der Waals surface area contributed by atoms with Gasteiger partial charge in [0.25, 0.3) is 0 Å². The predicted molar refractivity (Wildman–Crippen MR) is 66.7 cm³/mol. The van der Waals surface area contributed by atoms with Gasteiger partial charge in [-0.25, -0.2) is 0 Å². The molecule has 0 aliphatic carbocycles. The van der Waals surface area contributed by atoms with Crippen molar-refractivity contribution in [1.29, 1.82) is 0 Å². The van der Waals surface area contributed by atoms with E-state index in [4.69, 9.17) is 4.74 Å². The summed E-state index contributed by atoms with van der Waals surface area (Å²) in [6, 6.07) is 0. The Kier molecular flexibility index (Phi) is 6.49. The maximum absolute atomic E-state index is 5.03. The highest BCUT2D eigenvalue weighted by Crippen LogP contribution is 2.18. The molecule has 0 N–H and O–H groups in total. The molecule has 5 heteroatoms. The molecular formula is C11H21N3OS. The number of nitrogens with zero attached hydrogens (tertiary/aromatic N) is 3. The Morgan fingerprint density at radius 3 is 3.00 bits per heavy atom. The highest BCUT2D eigenvalue weighted by molar-refractivity contribution is 7.99. The van der Waals surface area contributed by atoms with E-state index in [1.165, 1.54) is 6.42 Å². The van der Waals surface area contributed by atoms with Gasteiger partial charge in [-0.3, -0.25) is 0 Å².